The first-order chi connectivity index (χ1) is 9.50. The van der Waals surface area contributed by atoms with Gasteiger partial charge in [0.15, 0.2) is 5.78 Å². The van der Waals surface area contributed by atoms with Gasteiger partial charge in [-0.15, -0.1) is 0 Å². The second kappa shape index (κ2) is 5.69. The van der Waals surface area contributed by atoms with Gasteiger partial charge in [0.1, 0.15) is 0 Å². The number of nitrogens with zero attached hydrogens (tertiary/aromatic N) is 2. The molecular weight excluding hydrogens is 256 g/mol. The summed E-state index contributed by atoms with van der Waals surface area (Å²) < 4.78 is 1.60. The Kier molecular flexibility index (Phi) is 3.98. The Morgan fingerprint density at radius 3 is 2.40 bits per heavy atom. The van der Waals surface area contributed by atoms with Gasteiger partial charge in [0.25, 0.3) is 0 Å². The van der Waals surface area contributed by atoms with E-state index in [1.807, 2.05) is 30.3 Å². The molecule has 5 nitrogen and oxygen atoms in total. The average molecular weight is 272 g/mol. The van der Waals surface area contributed by atoms with Crippen molar-refractivity contribution < 1.29 is 14.7 Å². The number of aromatic nitrogens is 2. The normalized spacial score (nSPS) is 13.7. The summed E-state index contributed by atoms with van der Waals surface area (Å²) in [6, 6.07) is 9.42. The van der Waals surface area contributed by atoms with Crippen molar-refractivity contribution in [2.45, 2.75) is 13.8 Å². The van der Waals surface area contributed by atoms with Crippen molar-refractivity contribution >= 4 is 11.8 Å². The molecule has 0 aliphatic carbocycles. The maximum absolute atomic E-state index is 12.2. The highest BCUT2D eigenvalue weighted by Crippen LogP contribution is 2.18. The highest BCUT2D eigenvalue weighted by Gasteiger charge is 2.27. The Balaban J connectivity index is 2.21. The predicted octanol–water partition coefficient (Wildman–Crippen LogP) is 2.41. The standard InChI is InChI=1S/C15H16N2O3/c1-10(11(2)15(19)20)14(18)12-8-16-17(9-12)13-6-4-3-5-7-13/h3-11H,1-2H3,(H,19,20). The van der Waals surface area contributed by atoms with E-state index in [2.05, 4.69) is 5.10 Å². The van der Waals surface area contributed by atoms with E-state index in [-0.39, 0.29) is 5.78 Å². The Bertz CT molecular complexity index is 619. The zero-order valence-corrected chi connectivity index (χ0v) is 11.4. The number of hydrogen-bond donors (Lipinski definition) is 1. The smallest absolute Gasteiger partial charge is 0.306 e. The van der Waals surface area contributed by atoms with Crippen LogP contribution in [0.1, 0.15) is 24.2 Å². The molecule has 0 aliphatic heterocycles. The van der Waals surface area contributed by atoms with Crippen LogP contribution in [0.3, 0.4) is 0 Å². The lowest BCUT2D eigenvalue weighted by atomic mass is 9.89. The number of benzene rings is 1. The van der Waals surface area contributed by atoms with Gasteiger partial charge < -0.3 is 5.11 Å². The van der Waals surface area contributed by atoms with Crippen LogP contribution < -0.4 is 0 Å². The molecule has 5 heteroatoms. The maximum Gasteiger partial charge on any atom is 0.306 e. The van der Waals surface area contributed by atoms with Gasteiger partial charge in [0, 0.05) is 12.1 Å². The second-order valence-corrected chi connectivity index (χ2v) is 4.79. The van der Waals surface area contributed by atoms with Crippen molar-refractivity contribution in [1.29, 1.82) is 0 Å². The average Bonchev–Trinajstić information content (AvgIpc) is 2.95. The Morgan fingerprint density at radius 2 is 1.80 bits per heavy atom. The molecule has 0 spiro atoms. The minimum Gasteiger partial charge on any atom is -0.481 e. The first-order valence-electron chi connectivity index (χ1n) is 6.38. The number of ketones is 1. The number of Topliss-reactive ketones (excluding diaryl/α,β-unsaturated/α-hetero) is 1. The van der Waals surface area contributed by atoms with Gasteiger partial charge in [-0.1, -0.05) is 32.0 Å². The molecule has 1 aromatic carbocycles. The van der Waals surface area contributed by atoms with E-state index in [0.717, 1.165) is 5.69 Å². The van der Waals surface area contributed by atoms with Crippen molar-refractivity contribution in [2.24, 2.45) is 11.8 Å². The van der Waals surface area contributed by atoms with E-state index in [0.29, 0.717) is 5.56 Å². The first kappa shape index (κ1) is 14.0. The fourth-order valence-corrected chi connectivity index (χ4v) is 1.88. The van der Waals surface area contributed by atoms with Gasteiger partial charge in [0.05, 0.1) is 23.4 Å². The van der Waals surface area contributed by atoms with Crippen LogP contribution in [0, 0.1) is 11.8 Å². The van der Waals surface area contributed by atoms with Gasteiger partial charge in [-0.3, -0.25) is 9.59 Å². The molecule has 0 saturated carbocycles. The van der Waals surface area contributed by atoms with Crippen LogP contribution >= 0.6 is 0 Å². The van der Waals surface area contributed by atoms with E-state index in [1.165, 1.54) is 13.1 Å². The molecule has 104 valence electrons. The van der Waals surface area contributed by atoms with Crippen molar-refractivity contribution in [3.05, 3.63) is 48.3 Å². The number of carbonyl (C=O) groups is 2. The highest BCUT2D eigenvalue weighted by atomic mass is 16.4. The van der Waals surface area contributed by atoms with Crippen LogP contribution in [-0.2, 0) is 4.79 Å². The van der Waals surface area contributed by atoms with E-state index in [4.69, 9.17) is 5.11 Å². The summed E-state index contributed by atoms with van der Waals surface area (Å²) in [5.41, 5.74) is 1.28. The molecule has 0 aliphatic rings. The minimum absolute atomic E-state index is 0.206. The number of aliphatic carboxylic acids is 1. The van der Waals surface area contributed by atoms with Crippen LogP contribution in [0.5, 0.6) is 0 Å². The molecule has 1 N–H and O–H groups in total. The van der Waals surface area contributed by atoms with Crippen molar-refractivity contribution in [3.8, 4) is 5.69 Å². The third-order valence-electron chi connectivity index (χ3n) is 3.44. The monoisotopic (exact) mass is 272 g/mol. The maximum atomic E-state index is 12.2. The van der Waals surface area contributed by atoms with Crippen LogP contribution in [0.2, 0.25) is 0 Å². The summed E-state index contributed by atoms with van der Waals surface area (Å²) in [5, 5.41) is 13.1. The lowest BCUT2D eigenvalue weighted by Crippen LogP contribution is -2.25. The molecule has 2 unspecified atom stereocenters. The third kappa shape index (κ3) is 2.77. The Hall–Kier alpha value is -2.43. The fraction of sp³-hybridized carbons (Fsp3) is 0.267. The van der Waals surface area contributed by atoms with E-state index >= 15 is 0 Å². The number of carboxylic acids is 1. The Labute approximate surface area is 116 Å². The largest absolute Gasteiger partial charge is 0.481 e. The molecule has 1 aromatic heterocycles. The van der Waals surface area contributed by atoms with Crippen molar-refractivity contribution in [3.63, 3.8) is 0 Å². The van der Waals surface area contributed by atoms with E-state index in [9.17, 15) is 9.59 Å². The predicted molar refractivity (Wildman–Crippen MR) is 73.9 cm³/mol. The van der Waals surface area contributed by atoms with Gasteiger partial charge in [0.2, 0.25) is 0 Å². The second-order valence-electron chi connectivity index (χ2n) is 4.79. The Morgan fingerprint density at radius 1 is 1.15 bits per heavy atom. The molecular formula is C15H16N2O3. The number of rotatable bonds is 5. The minimum atomic E-state index is -0.971. The van der Waals surface area contributed by atoms with Crippen LogP contribution in [0.25, 0.3) is 5.69 Å². The summed E-state index contributed by atoms with van der Waals surface area (Å²) >= 11 is 0. The van der Waals surface area contributed by atoms with Crippen LogP contribution in [0.15, 0.2) is 42.7 Å². The molecule has 0 radical (unpaired) electrons. The summed E-state index contributed by atoms with van der Waals surface area (Å²) in [5.74, 6) is -2.48. The van der Waals surface area contributed by atoms with E-state index < -0.39 is 17.8 Å². The van der Waals surface area contributed by atoms with Gasteiger partial charge in [-0.05, 0) is 12.1 Å². The quantitative estimate of drug-likeness (QED) is 0.848. The molecule has 0 fully saturated rings. The zero-order chi connectivity index (χ0) is 14.7. The molecule has 0 saturated heterocycles. The van der Waals surface area contributed by atoms with Crippen molar-refractivity contribution in [2.75, 3.05) is 0 Å². The summed E-state index contributed by atoms with van der Waals surface area (Å²) in [6.07, 6.45) is 3.10. The number of carbonyl (C=O) groups excluding carboxylic acids is 1. The van der Waals surface area contributed by atoms with Crippen LogP contribution in [-0.4, -0.2) is 26.6 Å². The van der Waals surface area contributed by atoms with Gasteiger partial charge in [-0.2, -0.15) is 5.10 Å². The lowest BCUT2D eigenvalue weighted by molar-refractivity contribution is -0.142. The lowest BCUT2D eigenvalue weighted by Gasteiger charge is -2.13. The molecule has 2 rings (SSSR count). The molecule has 20 heavy (non-hydrogen) atoms. The SMILES string of the molecule is CC(C(=O)O)C(C)C(=O)c1cnn(-c2ccccc2)c1. The first-order valence-corrected chi connectivity index (χ1v) is 6.38. The number of para-hydroxylation sites is 1. The number of hydrogen-bond acceptors (Lipinski definition) is 3. The summed E-state index contributed by atoms with van der Waals surface area (Å²) in [6.45, 7) is 3.16. The zero-order valence-electron chi connectivity index (χ0n) is 11.4. The number of carboxylic acid groups (broad SMARTS) is 1. The molecule has 0 bridgehead atoms. The highest BCUT2D eigenvalue weighted by molar-refractivity contribution is 5.99. The molecule has 2 atom stereocenters. The molecule has 0 amide bonds. The van der Waals surface area contributed by atoms with Gasteiger partial charge >= 0.3 is 5.97 Å². The fourth-order valence-electron chi connectivity index (χ4n) is 1.88. The summed E-state index contributed by atoms with van der Waals surface area (Å²) in [7, 11) is 0. The molecule has 2 aromatic rings. The van der Waals surface area contributed by atoms with E-state index in [1.54, 1.807) is 17.8 Å². The van der Waals surface area contributed by atoms with Gasteiger partial charge in [-0.25, -0.2) is 4.68 Å². The van der Waals surface area contributed by atoms with Crippen molar-refractivity contribution in [1.82, 2.24) is 9.78 Å². The third-order valence-corrected chi connectivity index (χ3v) is 3.44. The topological polar surface area (TPSA) is 72.2 Å². The molecule has 1 heterocycles. The van der Waals surface area contributed by atoms with Crippen LogP contribution in [0.4, 0.5) is 0 Å². The summed E-state index contributed by atoms with van der Waals surface area (Å²) in [4.78, 5) is 23.1.